The maximum Gasteiger partial charge on any atom is 0.0610 e. The van der Waals surface area contributed by atoms with Gasteiger partial charge in [0.2, 0.25) is 0 Å². The summed E-state index contributed by atoms with van der Waals surface area (Å²) in [5.41, 5.74) is 2.39. The first-order chi connectivity index (χ1) is 11.3. The molecule has 0 radical (unpaired) electrons. The first-order valence-electron chi connectivity index (χ1n) is 7.90. The molecule has 0 spiro atoms. The Morgan fingerprint density at radius 3 is 2.52 bits per heavy atom. The molecule has 2 aliphatic rings. The van der Waals surface area contributed by atoms with Gasteiger partial charge in [-0.25, -0.2) is 0 Å². The molecular formula is C21H20O2. The van der Waals surface area contributed by atoms with Crippen LogP contribution in [-0.2, 0) is 9.47 Å². The number of hydrogen-bond acceptors (Lipinski definition) is 2. The van der Waals surface area contributed by atoms with Gasteiger partial charge in [0.1, 0.15) is 0 Å². The molecule has 0 N–H and O–H groups in total. The van der Waals surface area contributed by atoms with Gasteiger partial charge in [0.15, 0.2) is 0 Å². The van der Waals surface area contributed by atoms with Crippen molar-refractivity contribution in [1.82, 2.24) is 0 Å². The molecule has 0 atom stereocenters. The zero-order valence-corrected chi connectivity index (χ0v) is 13.5. The molecule has 0 fully saturated rings. The van der Waals surface area contributed by atoms with Crippen molar-refractivity contribution in [3.8, 4) is 0 Å². The molecular weight excluding hydrogens is 284 g/mol. The third kappa shape index (κ3) is 2.26. The Bertz CT molecular complexity index is 941. The van der Waals surface area contributed by atoms with Gasteiger partial charge in [0, 0.05) is 14.2 Å². The zero-order valence-electron chi connectivity index (χ0n) is 13.5. The fourth-order valence-electron chi connectivity index (χ4n) is 3.75. The highest BCUT2D eigenvalue weighted by Crippen LogP contribution is 2.34. The normalized spacial score (nSPS) is 17.7. The van der Waals surface area contributed by atoms with Crippen LogP contribution in [0.3, 0.4) is 0 Å². The molecule has 0 aliphatic heterocycles. The van der Waals surface area contributed by atoms with E-state index in [9.17, 15) is 0 Å². The van der Waals surface area contributed by atoms with Crippen LogP contribution in [0.1, 0.15) is 0 Å². The van der Waals surface area contributed by atoms with Crippen molar-refractivity contribution in [1.29, 1.82) is 0 Å². The molecule has 0 heterocycles. The summed E-state index contributed by atoms with van der Waals surface area (Å²) < 4.78 is 10.9. The summed E-state index contributed by atoms with van der Waals surface area (Å²) in [7, 11) is 3.48. The second-order valence-electron chi connectivity index (χ2n) is 6.34. The van der Waals surface area contributed by atoms with E-state index in [1.54, 1.807) is 14.2 Å². The van der Waals surface area contributed by atoms with Gasteiger partial charge in [0.25, 0.3) is 0 Å². The monoisotopic (exact) mass is 304 g/mol. The number of fused-ring (bicyclic) bond motifs is 4. The third-order valence-electron chi connectivity index (χ3n) is 4.72. The highest BCUT2D eigenvalue weighted by atomic mass is 16.5. The van der Waals surface area contributed by atoms with Crippen molar-refractivity contribution in [2.24, 2.45) is 5.41 Å². The second-order valence-corrected chi connectivity index (χ2v) is 6.34. The quantitative estimate of drug-likeness (QED) is 0.864. The van der Waals surface area contributed by atoms with Crippen LogP contribution in [0, 0.1) is 5.41 Å². The Kier molecular flexibility index (Phi) is 3.44. The lowest BCUT2D eigenvalue weighted by Gasteiger charge is -2.29. The summed E-state index contributed by atoms with van der Waals surface area (Å²) in [6, 6.07) is 13.0. The van der Waals surface area contributed by atoms with Crippen LogP contribution in [-0.4, -0.2) is 27.4 Å². The Balaban J connectivity index is 1.95. The van der Waals surface area contributed by atoms with E-state index >= 15 is 0 Å². The van der Waals surface area contributed by atoms with Crippen LogP contribution in [0.5, 0.6) is 0 Å². The van der Waals surface area contributed by atoms with Gasteiger partial charge in [0.05, 0.1) is 18.6 Å². The van der Waals surface area contributed by atoms with Crippen molar-refractivity contribution in [2.45, 2.75) is 0 Å². The number of benzene rings is 2. The van der Waals surface area contributed by atoms with Crippen LogP contribution < -0.4 is 10.4 Å². The van der Waals surface area contributed by atoms with Gasteiger partial charge >= 0.3 is 0 Å². The third-order valence-corrected chi connectivity index (χ3v) is 4.72. The minimum atomic E-state index is -0.184. The number of allylic oxidation sites excluding steroid dienone is 2. The van der Waals surface area contributed by atoms with Crippen LogP contribution in [0.2, 0.25) is 0 Å². The van der Waals surface area contributed by atoms with E-state index in [0.29, 0.717) is 13.2 Å². The van der Waals surface area contributed by atoms with Crippen molar-refractivity contribution in [2.75, 3.05) is 27.4 Å². The van der Waals surface area contributed by atoms with E-state index in [1.807, 2.05) is 0 Å². The summed E-state index contributed by atoms with van der Waals surface area (Å²) >= 11 is 0. The Morgan fingerprint density at radius 2 is 1.74 bits per heavy atom. The number of hydrogen-bond donors (Lipinski definition) is 0. The van der Waals surface area contributed by atoms with Crippen LogP contribution >= 0.6 is 0 Å². The van der Waals surface area contributed by atoms with E-state index in [0.717, 1.165) is 0 Å². The summed E-state index contributed by atoms with van der Waals surface area (Å²) in [6.45, 7) is 1.25. The molecule has 4 rings (SSSR count). The van der Waals surface area contributed by atoms with Crippen molar-refractivity contribution < 1.29 is 9.47 Å². The number of ether oxygens (including phenoxy) is 2. The van der Waals surface area contributed by atoms with E-state index in [2.05, 4.69) is 60.7 Å². The van der Waals surface area contributed by atoms with Gasteiger partial charge in [-0.05, 0) is 38.4 Å². The number of methoxy groups -OCH3 is 2. The van der Waals surface area contributed by atoms with E-state index in [-0.39, 0.29) is 5.41 Å². The fourth-order valence-corrected chi connectivity index (χ4v) is 3.75. The molecule has 23 heavy (non-hydrogen) atoms. The average molecular weight is 304 g/mol. The standard InChI is InChI=1S/C21H20O2/c1-22-13-21(14-23-2)10-9-18-16(12-21)11-20-17-6-4-3-5-15(17)7-8-19(18)20/h3-12H,13-14H2,1-2H3. The van der Waals surface area contributed by atoms with E-state index in [1.165, 1.54) is 32.4 Å². The number of rotatable bonds is 4. The van der Waals surface area contributed by atoms with Gasteiger partial charge in [-0.1, -0.05) is 54.6 Å². The summed E-state index contributed by atoms with van der Waals surface area (Å²) in [4.78, 5) is 0. The van der Waals surface area contributed by atoms with Gasteiger partial charge < -0.3 is 9.47 Å². The average Bonchev–Trinajstić information content (AvgIpc) is 2.93. The van der Waals surface area contributed by atoms with E-state index in [4.69, 9.17) is 9.47 Å². The largest absolute Gasteiger partial charge is 0.383 e. The minimum absolute atomic E-state index is 0.184. The topological polar surface area (TPSA) is 18.5 Å². The summed E-state index contributed by atoms with van der Waals surface area (Å²) in [5.74, 6) is 0. The minimum Gasteiger partial charge on any atom is -0.383 e. The molecule has 0 aromatic heterocycles. The molecule has 0 unspecified atom stereocenters. The summed E-state index contributed by atoms with van der Waals surface area (Å²) in [6.07, 6.45) is 9.04. The first-order valence-corrected chi connectivity index (χ1v) is 7.90. The maximum atomic E-state index is 5.43. The van der Waals surface area contributed by atoms with Crippen LogP contribution in [0.25, 0.3) is 22.4 Å². The van der Waals surface area contributed by atoms with E-state index < -0.39 is 0 Å². The molecule has 0 amide bonds. The molecule has 2 aromatic rings. The molecule has 2 aliphatic carbocycles. The Hall–Kier alpha value is -2.16. The van der Waals surface area contributed by atoms with Gasteiger partial charge in [-0.3, -0.25) is 0 Å². The summed E-state index contributed by atoms with van der Waals surface area (Å²) in [5, 5.41) is 5.23. The molecule has 2 aromatic carbocycles. The lowest BCUT2D eigenvalue weighted by atomic mass is 9.81. The zero-order chi connectivity index (χ0) is 15.9. The Morgan fingerprint density at radius 1 is 0.957 bits per heavy atom. The van der Waals surface area contributed by atoms with Crippen LogP contribution in [0.15, 0.2) is 60.2 Å². The van der Waals surface area contributed by atoms with Gasteiger partial charge in [-0.15, -0.1) is 0 Å². The predicted molar refractivity (Wildman–Crippen MR) is 94.5 cm³/mol. The lowest BCUT2D eigenvalue weighted by Crippen LogP contribution is -2.29. The van der Waals surface area contributed by atoms with Crippen molar-refractivity contribution in [3.05, 3.63) is 70.6 Å². The van der Waals surface area contributed by atoms with Gasteiger partial charge in [-0.2, -0.15) is 0 Å². The molecule has 116 valence electrons. The molecule has 2 nitrogen and oxygen atoms in total. The SMILES string of the molecule is COCC1(COC)C=CC2=c3ccc4ccccc4c3=CC2=C1. The van der Waals surface area contributed by atoms with Crippen molar-refractivity contribution in [3.63, 3.8) is 0 Å². The van der Waals surface area contributed by atoms with Crippen LogP contribution in [0.4, 0.5) is 0 Å². The highest BCUT2D eigenvalue weighted by molar-refractivity contribution is 5.95. The molecule has 0 saturated heterocycles. The lowest BCUT2D eigenvalue weighted by molar-refractivity contribution is 0.0672. The molecule has 0 saturated carbocycles. The predicted octanol–water partition coefficient (Wildman–Crippen LogP) is 2.56. The first kappa shape index (κ1) is 14.4. The maximum absolute atomic E-state index is 5.43. The molecule has 0 bridgehead atoms. The highest BCUT2D eigenvalue weighted by Gasteiger charge is 2.29. The second kappa shape index (κ2) is 5.48. The van der Waals surface area contributed by atoms with Crippen molar-refractivity contribution >= 4 is 22.4 Å². The fraction of sp³-hybridized carbons (Fsp3) is 0.238. The molecule has 2 heteroatoms. The Labute approximate surface area is 136 Å². The smallest absolute Gasteiger partial charge is 0.0610 e.